The second-order valence-electron chi connectivity index (χ2n) is 3.43. The third-order valence-corrected chi connectivity index (χ3v) is 3.21. The van der Waals surface area contributed by atoms with Crippen LogP contribution in [0.2, 0.25) is 0 Å². The van der Waals surface area contributed by atoms with Gasteiger partial charge in [-0.3, -0.25) is 5.32 Å². The van der Waals surface area contributed by atoms with E-state index in [2.05, 4.69) is 5.32 Å². The van der Waals surface area contributed by atoms with Gasteiger partial charge in [0.2, 0.25) is 0 Å². The number of halogens is 2. The molecule has 1 saturated heterocycles. The Bertz CT molecular complexity index is 427. The Morgan fingerprint density at radius 2 is 2.31 bits per heavy atom. The molecule has 0 aromatic heterocycles. The molecule has 0 amide bonds. The van der Waals surface area contributed by atoms with Gasteiger partial charge in [-0.1, -0.05) is 6.07 Å². The highest BCUT2D eigenvalue weighted by Crippen LogP contribution is 2.23. The van der Waals surface area contributed by atoms with Crippen molar-refractivity contribution >= 4 is 28.6 Å². The number of nitrogens with two attached hydrogens (primary N) is 1. The Hall–Kier alpha value is -0.730. The highest BCUT2D eigenvalue weighted by molar-refractivity contribution is 14.1. The van der Waals surface area contributed by atoms with E-state index in [-0.39, 0.29) is 12.4 Å². The van der Waals surface area contributed by atoms with Crippen LogP contribution < -0.4 is 11.1 Å². The van der Waals surface area contributed by atoms with E-state index in [1.165, 1.54) is 6.07 Å². The van der Waals surface area contributed by atoms with Gasteiger partial charge in [-0.15, -0.1) is 0 Å². The Kier molecular flexibility index (Phi) is 3.41. The van der Waals surface area contributed by atoms with Gasteiger partial charge in [-0.2, -0.15) is 0 Å². The van der Waals surface area contributed by atoms with Crippen LogP contribution in [0.4, 0.5) is 4.39 Å². The van der Waals surface area contributed by atoms with E-state index < -0.39 is 18.2 Å². The topological polar surface area (TPSA) is 64.3 Å². The van der Waals surface area contributed by atoms with Gasteiger partial charge in [0, 0.05) is 10.1 Å². The quantitative estimate of drug-likeness (QED) is 0.622. The summed E-state index contributed by atoms with van der Waals surface area (Å²) in [7, 11) is 0. The molecule has 1 aromatic rings. The summed E-state index contributed by atoms with van der Waals surface area (Å²) in [5.41, 5.74) is 5.93. The van der Waals surface area contributed by atoms with Crippen molar-refractivity contribution in [1.29, 1.82) is 0 Å². The van der Waals surface area contributed by atoms with Gasteiger partial charge >= 0.3 is 5.97 Å². The summed E-state index contributed by atoms with van der Waals surface area (Å²) in [6.45, 7) is 0.203. The summed E-state index contributed by atoms with van der Waals surface area (Å²) in [4.78, 5) is 11.5. The fraction of sp³-hybridized carbons (Fsp3) is 0.300. The van der Waals surface area contributed by atoms with Crippen LogP contribution in [-0.4, -0.2) is 18.7 Å². The molecule has 6 heteroatoms. The molecule has 86 valence electrons. The molecule has 0 aliphatic carbocycles. The second-order valence-corrected chi connectivity index (χ2v) is 4.60. The number of hydrogen-bond acceptors (Lipinski definition) is 4. The normalized spacial score (nSPS) is 24.6. The van der Waals surface area contributed by atoms with Crippen LogP contribution in [0.3, 0.4) is 0 Å². The number of benzene rings is 1. The maximum atomic E-state index is 13.3. The molecule has 0 bridgehead atoms. The third-order valence-electron chi connectivity index (χ3n) is 2.34. The molecule has 1 aliphatic rings. The molecule has 1 fully saturated rings. The highest BCUT2D eigenvalue weighted by atomic mass is 127. The van der Waals surface area contributed by atoms with Gasteiger partial charge in [-0.25, -0.2) is 9.18 Å². The molecule has 2 rings (SSSR count). The summed E-state index contributed by atoms with van der Waals surface area (Å²) < 4.78 is 18.8. The summed E-state index contributed by atoms with van der Waals surface area (Å²) in [6.07, 6.45) is -0.486. The molecular weight excluding hydrogens is 326 g/mol. The fourth-order valence-corrected chi connectivity index (χ4v) is 1.87. The van der Waals surface area contributed by atoms with Crippen LogP contribution in [0.5, 0.6) is 0 Å². The summed E-state index contributed by atoms with van der Waals surface area (Å²) in [5, 5.41) is 2.89. The lowest BCUT2D eigenvalue weighted by Gasteiger charge is -2.08. The average Bonchev–Trinajstić information content (AvgIpc) is 2.64. The molecular formula is C10H10FIN2O2. The number of carbonyl (C=O) groups is 1. The van der Waals surface area contributed by atoms with Crippen molar-refractivity contribution in [3.63, 3.8) is 0 Å². The molecule has 0 saturated carbocycles. The van der Waals surface area contributed by atoms with Crippen molar-refractivity contribution < 1.29 is 13.9 Å². The standard InChI is InChI=1S/C10H10FIN2O2/c11-6-3-5(1-2-7(6)12)9-10(15)16-8(4-13)14-9/h1-3,8-9,14H,4,13H2/t8-,9?/m0/s1. The van der Waals surface area contributed by atoms with Crippen molar-refractivity contribution in [1.82, 2.24) is 5.32 Å². The van der Waals surface area contributed by atoms with Crippen LogP contribution >= 0.6 is 22.6 Å². The van der Waals surface area contributed by atoms with Crippen LogP contribution in [0, 0.1) is 9.39 Å². The zero-order valence-corrected chi connectivity index (χ0v) is 10.4. The van der Waals surface area contributed by atoms with Gasteiger partial charge in [-0.05, 0) is 40.3 Å². The predicted molar refractivity (Wildman–Crippen MR) is 63.9 cm³/mol. The first-order chi connectivity index (χ1) is 7.61. The minimum atomic E-state index is -0.625. The molecule has 2 atom stereocenters. The molecule has 1 heterocycles. The predicted octanol–water partition coefficient (Wildman–Crippen LogP) is 0.903. The highest BCUT2D eigenvalue weighted by Gasteiger charge is 2.34. The van der Waals surface area contributed by atoms with Gasteiger partial charge in [0.15, 0.2) is 6.23 Å². The number of hydrogen-bond donors (Lipinski definition) is 2. The monoisotopic (exact) mass is 336 g/mol. The fourth-order valence-electron chi connectivity index (χ4n) is 1.54. The van der Waals surface area contributed by atoms with Crippen molar-refractivity contribution in [2.75, 3.05) is 6.54 Å². The first-order valence-electron chi connectivity index (χ1n) is 4.73. The molecule has 0 radical (unpaired) electrons. The molecule has 1 aromatic carbocycles. The third kappa shape index (κ3) is 2.18. The number of cyclic esters (lactones) is 1. The molecule has 3 N–H and O–H groups in total. The van der Waals surface area contributed by atoms with Crippen LogP contribution in [0.25, 0.3) is 0 Å². The van der Waals surface area contributed by atoms with Crippen molar-refractivity contribution in [2.45, 2.75) is 12.3 Å². The SMILES string of the molecule is NC[C@H]1NC(c2ccc(I)c(F)c2)C(=O)O1. The number of ether oxygens (including phenoxy) is 1. The van der Waals surface area contributed by atoms with Gasteiger partial charge < -0.3 is 10.5 Å². The molecule has 1 aliphatic heterocycles. The van der Waals surface area contributed by atoms with Crippen molar-refractivity contribution in [3.05, 3.63) is 33.1 Å². The smallest absolute Gasteiger partial charge is 0.329 e. The van der Waals surface area contributed by atoms with E-state index in [0.29, 0.717) is 9.13 Å². The van der Waals surface area contributed by atoms with E-state index in [0.717, 1.165) is 0 Å². The van der Waals surface area contributed by atoms with Crippen molar-refractivity contribution in [3.8, 4) is 0 Å². The number of rotatable bonds is 2. The number of esters is 1. The Balaban J connectivity index is 2.24. The Morgan fingerprint density at radius 1 is 1.56 bits per heavy atom. The number of carbonyl (C=O) groups excluding carboxylic acids is 1. The molecule has 4 nitrogen and oxygen atoms in total. The van der Waals surface area contributed by atoms with Gasteiger partial charge in [0.1, 0.15) is 11.9 Å². The zero-order chi connectivity index (χ0) is 11.7. The second kappa shape index (κ2) is 4.64. The van der Waals surface area contributed by atoms with E-state index >= 15 is 0 Å². The Labute approximate surface area is 105 Å². The first-order valence-corrected chi connectivity index (χ1v) is 5.81. The molecule has 0 spiro atoms. The molecule has 16 heavy (non-hydrogen) atoms. The maximum Gasteiger partial charge on any atom is 0.329 e. The van der Waals surface area contributed by atoms with Gasteiger partial charge in [0.25, 0.3) is 0 Å². The first kappa shape index (κ1) is 11.7. The Morgan fingerprint density at radius 3 is 2.88 bits per heavy atom. The minimum Gasteiger partial charge on any atom is -0.444 e. The van der Waals surface area contributed by atoms with Crippen LogP contribution in [0.1, 0.15) is 11.6 Å². The van der Waals surface area contributed by atoms with Crippen molar-refractivity contribution in [2.24, 2.45) is 5.73 Å². The van der Waals surface area contributed by atoms with E-state index in [9.17, 15) is 9.18 Å². The molecule has 1 unspecified atom stereocenters. The van der Waals surface area contributed by atoms with Crippen LogP contribution in [0.15, 0.2) is 18.2 Å². The number of nitrogens with one attached hydrogen (secondary N) is 1. The lowest BCUT2D eigenvalue weighted by atomic mass is 10.1. The van der Waals surface area contributed by atoms with Gasteiger partial charge in [0.05, 0.1) is 0 Å². The van der Waals surface area contributed by atoms with Crippen LogP contribution in [-0.2, 0) is 9.53 Å². The lowest BCUT2D eigenvalue weighted by Crippen LogP contribution is -2.32. The van der Waals surface area contributed by atoms with E-state index in [1.807, 2.05) is 22.6 Å². The zero-order valence-electron chi connectivity index (χ0n) is 8.24. The summed E-state index contributed by atoms with van der Waals surface area (Å²) >= 11 is 1.89. The largest absolute Gasteiger partial charge is 0.444 e. The summed E-state index contributed by atoms with van der Waals surface area (Å²) in [5.74, 6) is -0.764. The lowest BCUT2D eigenvalue weighted by molar-refractivity contribution is -0.142. The maximum absolute atomic E-state index is 13.3. The minimum absolute atomic E-state index is 0.203. The van der Waals surface area contributed by atoms with E-state index in [1.54, 1.807) is 12.1 Å². The summed E-state index contributed by atoms with van der Waals surface area (Å²) in [6, 6.07) is 4.03. The average molecular weight is 336 g/mol. The van der Waals surface area contributed by atoms with E-state index in [4.69, 9.17) is 10.5 Å².